The summed E-state index contributed by atoms with van der Waals surface area (Å²) in [5.74, 6) is -0.686. The van der Waals surface area contributed by atoms with E-state index in [1.807, 2.05) is 11.8 Å². The van der Waals surface area contributed by atoms with E-state index in [4.69, 9.17) is 10.5 Å². The van der Waals surface area contributed by atoms with E-state index >= 15 is 0 Å². The Bertz CT molecular complexity index is 410. The summed E-state index contributed by atoms with van der Waals surface area (Å²) in [7, 11) is 0. The first-order valence-electron chi connectivity index (χ1n) is 6.04. The fraction of sp³-hybridized carbons (Fsp3) is 0.462. The molecule has 0 spiro atoms. The lowest BCUT2D eigenvalue weighted by atomic mass is 10.2. The molecule has 0 fully saturated rings. The number of benzene rings is 1. The van der Waals surface area contributed by atoms with E-state index in [0.717, 1.165) is 0 Å². The zero-order chi connectivity index (χ0) is 13.5. The van der Waals surface area contributed by atoms with Crippen molar-refractivity contribution < 1.29 is 13.9 Å². The van der Waals surface area contributed by atoms with Gasteiger partial charge in [0.1, 0.15) is 5.82 Å². The molecule has 0 radical (unpaired) electrons. The van der Waals surface area contributed by atoms with Crippen LogP contribution in [0.5, 0.6) is 0 Å². The number of nitrogens with zero attached hydrogens (tertiary/aromatic N) is 1. The Labute approximate surface area is 107 Å². The first kappa shape index (κ1) is 14.3. The first-order chi connectivity index (χ1) is 8.58. The maximum Gasteiger partial charge on any atom is 0.307 e. The highest BCUT2D eigenvalue weighted by Gasteiger charge is 2.10. The van der Waals surface area contributed by atoms with E-state index in [1.165, 1.54) is 12.1 Å². The lowest BCUT2D eigenvalue weighted by molar-refractivity contribution is -0.142. The number of carbonyl (C=O) groups is 1. The third-order valence-electron chi connectivity index (χ3n) is 2.62. The van der Waals surface area contributed by atoms with Crippen molar-refractivity contribution in [2.75, 3.05) is 30.3 Å². The van der Waals surface area contributed by atoms with E-state index in [-0.39, 0.29) is 18.1 Å². The van der Waals surface area contributed by atoms with Gasteiger partial charge in [-0.1, -0.05) is 0 Å². The van der Waals surface area contributed by atoms with Crippen molar-refractivity contribution in [3.63, 3.8) is 0 Å². The second kappa shape index (κ2) is 6.83. The van der Waals surface area contributed by atoms with Crippen LogP contribution in [-0.2, 0) is 9.53 Å². The molecular weight excluding hydrogens is 235 g/mol. The molecule has 1 rings (SSSR count). The highest BCUT2D eigenvalue weighted by atomic mass is 19.1. The molecule has 5 heteroatoms. The molecule has 0 aliphatic heterocycles. The maximum atomic E-state index is 13.4. The number of hydrogen-bond donors (Lipinski definition) is 1. The molecule has 100 valence electrons. The molecule has 2 N–H and O–H groups in total. The Morgan fingerprint density at radius 3 is 2.72 bits per heavy atom. The van der Waals surface area contributed by atoms with Crippen LogP contribution in [-0.4, -0.2) is 25.7 Å². The van der Waals surface area contributed by atoms with E-state index in [2.05, 4.69) is 0 Å². The van der Waals surface area contributed by atoms with Gasteiger partial charge in [-0.05, 0) is 32.0 Å². The van der Waals surface area contributed by atoms with Crippen LogP contribution in [0.4, 0.5) is 15.8 Å². The Kier molecular flexibility index (Phi) is 5.42. The molecule has 0 aliphatic rings. The van der Waals surface area contributed by atoms with Gasteiger partial charge in [-0.15, -0.1) is 0 Å². The number of hydrogen-bond acceptors (Lipinski definition) is 4. The molecule has 0 aliphatic carbocycles. The summed E-state index contributed by atoms with van der Waals surface area (Å²) in [4.78, 5) is 13.2. The smallest absolute Gasteiger partial charge is 0.307 e. The van der Waals surface area contributed by atoms with E-state index in [1.54, 1.807) is 13.0 Å². The molecule has 0 bridgehead atoms. The van der Waals surface area contributed by atoms with Crippen LogP contribution in [0.25, 0.3) is 0 Å². The fourth-order valence-corrected chi connectivity index (χ4v) is 1.64. The third-order valence-corrected chi connectivity index (χ3v) is 2.62. The van der Waals surface area contributed by atoms with Crippen molar-refractivity contribution >= 4 is 17.3 Å². The van der Waals surface area contributed by atoms with Crippen LogP contribution in [0.2, 0.25) is 0 Å². The second-order valence-corrected chi connectivity index (χ2v) is 3.84. The number of esters is 1. The Balaban J connectivity index is 2.65. The SMILES string of the molecule is CCOC(=O)CCN(CC)c1ccc(N)c(F)c1. The summed E-state index contributed by atoms with van der Waals surface area (Å²) in [5.41, 5.74) is 6.27. The number of carbonyl (C=O) groups excluding carboxylic acids is 1. The molecule has 0 heterocycles. The predicted octanol–water partition coefficient (Wildman–Crippen LogP) is 2.19. The van der Waals surface area contributed by atoms with Crippen molar-refractivity contribution in [2.24, 2.45) is 0 Å². The van der Waals surface area contributed by atoms with Gasteiger partial charge in [-0.25, -0.2) is 4.39 Å². The molecule has 0 saturated carbocycles. The number of anilines is 2. The number of nitrogens with two attached hydrogens (primary N) is 1. The van der Waals surface area contributed by atoms with Gasteiger partial charge in [0, 0.05) is 18.8 Å². The van der Waals surface area contributed by atoms with Gasteiger partial charge in [0.2, 0.25) is 0 Å². The van der Waals surface area contributed by atoms with Crippen molar-refractivity contribution in [3.05, 3.63) is 24.0 Å². The average molecular weight is 254 g/mol. The predicted molar refractivity (Wildman–Crippen MR) is 69.9 cm³/mol. The molecular formula is C13H19FN2O2. The van der Waals surface area contributed by atoms with Gasteiger partial charge in [-0.2, -0.15) is 0 Å². The highest BCUT2D eigenvalue weighted by molar-refractivity contribution is 5.70. The number of ether oxygens (including phenoxy) is 1. The van der Waals surface area contributed by atoms with Crippen LogP contribution in [0, 0.1) is 5.82 Å². The fourth-order valence-electron chi connectivity index (χ4n) is 1.64. The second-order valence-electron chi connectivity index (χ2n) is 3.84. The Hall–Kier alpha value is -1.78. The van der Waals surface area contributed by atoms with Crippen LogP contribution >= 0.6 is 0 Å². The molecule has 1 aromatic rings. The number of rotatable bonds is 6. The Morgan fingerprint density at radius 1 is 1.44 bits per heavy atom. The zero-order valence-corrected chi connectivity index (χ0v) is 10.8. The number of nitrogen functional groups attached to an aromatic ring is 1. The number of halogens is 1. The van der Waals surface area contributed by atoms with Crippen molar-refractivity contribution in [2.45, 2.75) is 20.3 Å². The van der Waals surface area contributed by atoms with E-state index in [0.29, 0.717) is 25.4 Å². The van der Waals surface area contributed by atoms with Gasteiger partial charge >= 0.3 is 5.97 Å². The van der Waals surface area contributed by atoms with Gasteiger partial charge in [-0.3, -0.25) is 4.79 Å². The normalized spacial score (nSPS) is 10.2. The zero-order valence-electron chi connectivity index (χ0n) is 10.8. The van der Waals surface area contributed by atoms with Crippen LogP contribution in [0.3, 0.4) is 0 Å². The standard InChI is InChI=1S/C13H19FN2O2/c1-3-16(8-7-13(17)18-4-2)10-5-6-12(15)11(14)9-10/h5-6,9H,3-4,7-8,15H2,1-2H3. The van der Waals surface area contributed by atoms with Crippen LogP contribution in [0.1, 0.15) is 20.3 Å². The highest BCUT2D eigenvalue weighted by Crippen LogP contribution is 2.20. The first-order valence-corrected chi connectivity index (χ1v) is 6.04. The molecule has 0 saturated heterocycles. The molecule has 4 nitrogen and oxygen atoms in total. The lowest BCUT2D eigenvalue weighted by Crippen LogP contribution is -2.26. The van der Waals surface area contributed by atoms with E-state index < -0.39 is 5.82 Å². The summed E-state index contributed by atoms with van der Waals surface area (Å²) in [6.45, 7) is 5.27. The topological polar surface area (TPSA) is 55.6 Å². The molecule has 0 amide bonds. The van der Waals surface area contributed by atoms with Crippen molar-refractivity contribution in [1.82, 2.24) is 0 Å². The molecule has 0 atom stereocenters. The van der Waals surface area contributed by atoms with E-state index in [9.17, 15) is 9.18 Å². The summed E-state index contributed by atoms with van der Waals surface area (Å²) in [6.07, 6.45) is 0.285. The Morgan fingerprint density at radius 2 is 2.17 bits per heavy atom. The quantitative estimate of drug-likeness (QED) is 0.624. The molecule has 18 heavy (non-hydrogen) atoms. The summed E-state index contributed by atoms with van der Waals surface area (Å²) < 4.78 is 18.2. The van der Waals surface area contributed by atoms with Gasteiger partial charge in [0.25, 0.3) is 0 Å². The summed E-state index contributed by atoms with van der Waals surface area (Å²) in [6, 6.07) is 4.65. The summed E-state index contributed by atoms with van der Waals surface area (Å²) >= 11 is 0. The van der Waals surface area contributed by atoms with Crippen LogP contribution in [0.15, 0.2) is 18.2 Å². The largest absolute Gasteiger partial charge is 0.466 e. The lowest BCUT2D eigenvalue weighted by Gasteiger charge is -2.22. The molecule has 1 aromatic carbocycles. The average Bonchev–Trinajstić information content (AvgIpc) is 2.34. The van der Waals surface area contributed by atoms with Gasteiger partial charge < -0.3 is 15.4 Å². The molecule has 0 aromatic heterocycles. The van der Waals surface area contributed by atoms with Crippen molar-refractivity contribution in [3.8, 4) is 0 Å². The summed E-state index contributed by atoms with van der Waals surface area (Å²) in [5, 5.41) is 0. The van der Waals surface area contributed by atoms with Gasteiger partial charge in [0.15, 0.2) is 0 Å². The molecule has 0 unspecified atom stereocenters. The monoisotopic (exact) mass is 254 g/mol. The van der Waals surface area contributed by atoms with Crippen molar-refractivity contribution in [1.29, 1.82) is 0 Å². The minimum Gasteiger partial charge on any atom is -0.466 e. The maximum absolute atomic E-state index is 13.4. The van der Waals surface area contributed by atoms with Gasteiger partial charge in [0.05, 0.1) is 18.7 Å². The minimum atomic E-state index is -0.443. The third kappa shape index (κ3) is 3.91. The minimum absolute atomic E-state index is 0.125. The van der Waals surface area contributed by atoms with Crippen LogP contribution < -0.4 is 10.6 Å².